The van der Waals surface area contributed by atoms with E-state index in [0.29, 0.717) is 0 Å². The number of thiol groups is 1. The first kappa shape index (κ1) is 29.7. The minimum absolute atomic E-state index is 0.00558. The van der Waals surface area contributed by atoms with Crippen LogP contribution in [-0.2, 0) is 36.7 Å². The Bertz CT molecular complexity index is 1870. The number of ether oxygens (including phenoxy) is 2. The Balaban J connectivity index is 1.15. The summed E-state index contributed by atoms with van der Waals surface area (Å²) in [5.74, 6) is -0.103. The number of anilines is 2. The van der Waals surface area contributed by atoms with Gasteiger partial charge in [0.15, 0.2) is 35.1 Å². The second-order valence-corrected chi connectivity index (χ2v) is 13.8. The number of fused-ring (bicyclic) bond motifs is 4. The van der Waals surface area contributed by atoms with Crippen molar-refractivity contribution >= 4 is 61.4 Å². The van der Waals surface area contributed by atoms with Crippen LogP contribution in [0.3, 0.4) is 0 Å². The summed E-state index contributed by atoms with van der Waals surface area (Å²) in [6.07, 6.45) is -6.84. The molecule has 24 heteroatoms. The Labute approximate surface area is 250 Å². The zero-order valence-corrected chi connectivity index (χ0v) is 24.8. The van der Waals surface area contributed by atoms with Crippen LogP contribution in [0.2, 0.25) is 0 Å². The smallest absolute Gasteiger partial charge is 0.386 e. The number of hydrogen-bond donors (Lipinski definition) is 6. The van der Waals surface area contributed by atoms with E-state index in [9.17, 15) is 24.1 Å². The van der Waals surface area contributed by atoms with E-state index in [0.717, 1.165) is 0 Å². The maximum absolute atomic E-state index is 13.4. The van der Waals surface area contributed by atoms with Crippen molar-refractivity contribution in [3.8, 4) is 0 Å². The Morgan fingerprint density at radius 2 is 1.64 bits per heavy atom. The Morgan fingerprint density at radius 1 is 0.977 bits per heavy atom. The molecule has 4 aromatic heterocycles. The number of rotatable bonds is 2. The zero-order valence-electron chi connectivity index (χ0n) is 22.0. The molecule has 0 bridgehead atoms. The molecule has 7 rings (SSSR count). The third-order valence-electron chi connectivity index (χ3n) is 7.26. The Kier molecular flexibility index (Phi) is 7.49. The molecule has 236 valence electrons. The van der Waals surface area contributed by atoms with E-state index in [-0.39, 0.29) is 34.1 Å². The molecule has 0 radical (unpaired) electrons. The number of H-pyrrole nitrogens is 1. The molecule has 7 heterocycles. The molecule has 3 aliphatic heterocycles. The third kappa shape index (κ3) is 5.11. The summed E-state index contributed by atoms with van der Waals surface area (Å²) in [4.78, 5) is 34.8. The first-order chi connectivity index (χ1) is 21.0. The Hall–Kier alpha value is -3.01. The van der Waals surface area contributed by atoms with Gasteiger partial charge in [-0.1, -0.05) is 12.2 Å². The van der Waals surface area contributed by atoms with E-state index in [4.69, 9.17) is 39.0 Å². The van der Waals surface area contributed by atoms with E-state index in [1.807, 2.05) is 0 Å². The summed E-state index contributed by atoms with van der Waals surface area (Å²) in [7, 11) is -3.37. The van der Waals surface area contributed by atoms with Gasteiger partial charge in [0.2, 0.25) is 5.95 Å². The quantitative estimate of drug-likeness (QED) is 0.108. The lowest BCUT2D eigenvalue weighted by Crippen LogP contribution is -2.38. The summed E-state index contributed by atoms with van der Waals surface area (Å²) in [6.45, 7) is -5.29. The zero-order chi connectivity index (χ0) is 30.9. The van der Waals surface area contributed by atoms with Crippen LogP contribution in [0.15, 0.2) is 23.8 Å². The topological polar surface area (TPSA) is 289 Å². The van der Waals surface area contributed by atoms with Crippen LogP contribution in [0.25, 0.3) is 22.3 Å². The number of nitrogen functional groups attached to an aromatic ring is 2. The fourth-order valence-corrected chi connectivity index (χ4v) is 7.65. The van der Waals surface area contributed by atoms with Crippen LogP contribution in [-0.4, -0.2) is 99.1 Å². The second kappa shape index (κ2) is 11.1. The standard InChI is InChI=1S/C20H24N10O11P2S/c21-14-8-15(24-3-23-14)29(4-25-8)19-11(32)13-6(38-19)1-36-42(34)40-12-7(2-37-43(35,44)41-13)39-18(10(12)31)30-5-26-9-16(30)27-20(22)28-17(9)33/h3-7,10-13,18-19,31-32,42H,1-2H2,(H,35,44)(H2,21,23,24)(H3,22,27,28,33)/t6-,7-,10-,11-,12-,13-,18-,19-,43-/m1/s1. The molecular formula is C20H24N10O11P2S. The number of aromatic nitrogens is 8. The lowest BCUT2D eigenvalue weighted by Gasteiger charge is -2.27. The van der Waals surface area contributed by atoms with Gasteiger partial charge >= 0.3 is 15.1 Å². The average Bonchev–Trinajstić information content (AvgIpc) is 3.72. The normalized spacial score (nSPS) is 36.6. The van der Waals surface area contributed by atoms with Gasteiger partial charge in [0.1, 0.15) is 48.5 Å². The first-order valence-electron chi connectivity index (χ1n) is 12.8. The van der Waals surface area contributed by atoms with Gasteiger partial charge in [-0.3, -0.25) is 32.5 Å². The van der Waals surface area contributed by atoms with Crippen molar-refractivity contribution in [2.75, 3.05) is 24.7 Å². The van der Waals surface area contributed by atoms with Crippen molar-refractivity contribution in [2.45, 2.75) is 49.1 Å². The van der Waals surface area contributed by atoms with Gasteiger partial charge in [0.05, 0.1) is 25.9 Å². The highest BCUT2D eigenvalue weighted by Gasteiger charge is 2.52. The molecule has 3 saturated heterocycles. The average molecular weight is 674 g/mol. The third-order valence-corrected chi connectivity index (χ3v) is 9.74. The lowest BCUT2D eigenvalue weighted by atomic mass is 10.1. The monoisotopic (exact) mass is 674 g/mol. The van der Waals surface area contributed by atoms with Crippen molar-refractivity contribution < 1.29 is 46.9 Å². The molecule has 3 fully saturated rings. The number of nitrogens with one attached hydrogen (secondary N) is 1. The van der Waals surface area contributed by atoms with E-state index in [1.165, 1.54) is 28.1 Å². The largest absolute Gasteiger partial charge is 0.386 e. The maximum Gasteiger partial charge on any atom is 0.386 e. The summed E-state index contributed by atoms with van der Waals surface area (Å²) >= 11 is 4.06. The maximum atomic E-state index is 13.4. The van der Waals surface area contributed by atoms with Crippen molar-refractivity contribution in [2.24, 2.45) is 0 Å². The van der Waals surface area contributed by atoms with E-state index in [1.54, 1.807) is 0 Å². The van der Waals surface area contributed by atoms with Gasteiger partial charge in [-0.25, -0.2) is 24.5 Å². The van der Waals surface area contributed by atoms with Crippen LogP contribution < -0.4 is 17.0 Å². The summed E-state index contributed by atoms with van der Waals surface area (Å²) in [6, 6.07) is 0. The Morgan fingerprint density at radius 3 is 2.39 bits per heavy atom. The van der Waals surface area contributed by atoms with Crippen LogP contribution in [0.5, 0.6) is 0 Å². The summed E-state index contributed by atoms with van der Waals surface area (Å²) in [5, 5.41) is 22.3. The minimum atomic E-state index is -4.27. The van der Waals surface area contributed by atoms with Crippen LogP contribution >= 0.6 is 27.3 Å². The number of aromatic amines is 1. The van der Waals surface area contributed by atoms with E-state index in [2.05, 4.69) is 42.2 Å². The van der Waals surface area contributed by atoms with Crippen molar-refractivity contribution in [1.82, 2.24) is 39.0 Å². The highest BCUT2D eigenvalue weighted by molar-refractivity contribution is 8.44. The molecule has 10 atom stereocenters. The molecule has 1 unspecified atom stereocenters. The highest BCUT2D eigenvalue weighted by Crippen LogP contribution is 2.57. The number of hydrogen-bond acceptors (Lipinski definition) is 18. The number of aliphatic hydroxyl groups excluding tert-OH is 2. The number of nitrogens with zero attached hydrogens (tertiary/aromatic N) is 7. The van der Waals surface area contributed by atoms with Gasteiger partial charge in [-0.2, -0.15) is 4.98 Å². The molecule has 3 aliphatic rings. The van der Waals surface area contributed by atoms with Gasteiger partial charge in [0.25, 0.3) is 5.56 Å². The molecule has 0 aromatic carbocycles. The molecule has 21 nitrogen and oxygen atoms in total. The molecule has 44 heavy (non-hydrogen) atoms. The van der Waals surface area contributed by atoms with E-state index >= 15 is 0 Å². The molecule has 0 spiro atoms. The number of imidazole rings is 2. The number of aliphatic hydroxyl groups is 2. The lowest BCUT2D eigenvalue weighted by molar-refractivity contribution is -0.0557. The fourth-order valence-electron chi connectivity index (χ4n) is 5.28. The van der Waals surface area contributed by atoms with Gasteiger partial charge < -0.3 is 40.2 Å². The second-order valence-electron chi connectivity index (χ2n) is 9.95. The molecule has 0 amide bonds. The molecule has 7 N–H and O–H groups in total. The van der Waals surface area contributed by atoms with E-state index < -0.39 is 82.9 Å². The predicted octanol–water partition coefficient (Wildman–Crippen LogP) is -1.11. The molecule has 0 aliphatic carbocycles. The number of nitrogens with two attached hydrogens (primary N) is 2. The first-order valence-corrected chi connectivity index (χ1v) is 16.7. The highest BCUT2D eigenvalue weighted by atomic mass is 32.7. The van der Waals surface area contributed by atoms with Crippen LogP contribution in [0, 0.1) is 0 Å². The van der Waals surface area contributed by atoms with Crippen molar-refractivity contribution in [3.05, 3.63) is 29.3 Å². The summed E-state index contributed by atoms with van der Waals surface area (Å²) in [5.41, 5.74) is 11.3. The van der Waals surface area contributed by atoms with Crippen molar-refractivity contribution in [1.29, 1.82) is 0 Å². The van der Waals surface area contributed by atoms with Gasteiger partial charge in [-0.05, 0) is 0 Å². The SMILES string of the molecule is Nc1nc2c(ncn2[C@@H]2O[C@@H]3CO[P@@](=O)(S)O[C@H]4[C@@H](O)[C@H](n5cnc6c(N)ncnc65)O[C@@H]4CO[PH](=O)O[C@H]3[C@H]2O)c(=O)[nH]1. The van der Waals surface area contributed by atoms with Crippen LogP contribution in [0.1, 0.15) is 12.5 Å². The predicted molar refractivity (Wildman–Crippen MR) is 149 cm³/mol. The van der Waals surface area contributed by atoms with Crippen molar-refractivity contribution in [3.63, 3.8) is 0 Å². The fraction of sp³-hybridized carbons (Fsp3) is 0.500. The van der Waals surface area contributed by atoms with Gasteiger partial charge in [-0.15, -0.1) is 0 Å². The molecule has 4 aromatic rings. The summed E-state index contributed by atoms with van der Waals surface area (Å²) < 4.78 is 62.9. The van der Waals surface area contributed by atoms with Crippen LogP contribution in [0.4, 0.5) is 11.8 Å². The van der Waals surface area contributed by atoms with Gasteiger partial charge in [0, 0.05) is 0 Å². The minimum Gasteiger partial charge on any atom is -0.386 e. The molecule has 0 saturated carbocycles. The molecular weight excluding hydrogens is 650 g/mol.